The van der Waals surface area contributed by atoms with Gasteiger partial charge in [-0.15, -0.1) is 0 Å². The van der Waals surface area contributed by atoms with Crippen LogP contribution in [0.25, 0.3) is 11.5 Å². The van der Waals surface area contributed by atoms with Crippen molar-refractivity contribution in [2.75, 3.05) is 12.4 Å². The molecule has 0 bridgehead atoms. The van der Waals surface area contributed by atoms with Crippen LogP contribution in [-0.4, -0.2) is 20.5 Å². The van der Waals surface area contributed by atoms with Gasteiger partial charge in [-0.25, -0.2) is 8.42 Å². The first-order chi connectivity index (χ1) is 14.5. The van der Waals surface area contributed by atoms with Gasteiger partial charge in [0.25, 0.3) is 0 Å². The summed E-state index contributed by atoms with van der Waals surface area (Å²) >= 11 is 0. The van der Waals surface area contributed by atoms with Crippen LogP contribution in [0.4, 0.5) is 11.6 Å². The number of methoxy groups -OCH3 is 1. The summed E-state index contributed by atoms with van der Waals surface area (Å²) in [6.07, 6.45) is 0. The maximum Gasteiger partial charge on any atom is 0.238 e. The zero-order valence-electron chi connectivity index (χ0n) is 16.5. The molecule has 6 nitrogen and oxygen atoms in total. The van der Waals surface area contributed by atoms with E-state index in [1.807, 2.05) is 31.2 Å². The quantitative estimate of drug-likeness (QED) is 0.460. The van der Waals surface area contributed by atoms with Gasteiger partial charge in [-0.05, 0) is 55.5 Å². The third-order valence-corrected chi connectivity index (χ3v) is 6.20. The minimum Gasteiger partial charge on any atom is -0.497 e. The lowest BCUT2D eigenvalue weighted by atomic mass is 10.1. The number of benzene rings is 3. The first-order valence-electron chi connectivity index (χ1n) is 9.26. The first kappa shape index (κ1) is 19.7. The normalized spacial score (nSPS) is 11.3. The van der Waals surface area contributed by atoms with Crippen molar-refractivity contribution in [2.24, 2.45) is 0 Å². The Kier molecular flexibility index (Phi) is 5.29. The molecule has 0 aliphatic carbocycles. The smallest absolute Gasteiger partial charge is 0.238 e. The summed E-state index contributed by atoms with van der Waals surface area (Å²) in [5.41, 5.74) is 2.36. The van der Waals surface area contributed by atoms with Crippen molar-refractivity contribution < 1.29 is 17.6 Å². The fourth-order valence-electron chi connectivity index (χ4n) is 2.99. The molecule has 0 aliphatic rings. The summed E-state index contributed by atoms with van der Waals surface area (Å²) in [5.74, 6) is 0.973. The SMILES string of the molecule is COc1ccc(Nc2oc(-c3cccc(C)c3)nc2S(=O)(=O)c2ccccc2)cc1. The number of sulfone groups is 1. The van der Waals surface area contributed by atoms with E-state index in [0.717, 1.165) is 5.56 Å². The maximum atomic E-state index is 13.3. The molecule has 0 saturated carbocycles. The zero-order chi connectivity index (χ0) is 21.1. The second-order valence-electron chi connectivity index (χ2n) is 6.69. The van der Waals surface area contributed by atoms with Gasteiger partial charge in [0, 0.05) is 11.3 Å². The molecule has 0 atom stereocenters. The van der Waals surface area contributed by atoms with Gasteiger partial charge in [-0.2, -0.15) is 4.98 Å². The highest BCUT2D eigenvalue weighted by Crippen LogP contribution is 2.34. The minimum absolute atomic E-state index is 0.0560. The largest absolute Gasteiger partial charge is 0.497 e. The van der Waals surface area contributed by atoms with Crippen LogP contribution >= 0.6 is 0 Å². The molecule has 3 aromatic carbocycles. The van der Waals surface area contributed by atoms with Crippen LogP contribution < -0.4 is 10.1 Å². The van der Waals surface area contributed by atoms with Crippen LogP contribution in [0.5, 0.6) is 5.75 Å². The Morgan fingerprint density at radius 2 is 1.67 bits per heavy atom. The number of aromatic nitrogens is 1. The fourth-order valence-corrected chi connectivity index (χ4v) is 4.26. The highest BCUT2D eigenvalue weighted by molar-refractivity contribution is 7.91. The molecule has 0 unspecified atom stereocenters. The van der Waals surface area contributed by atoms with Gasteiger partial charge in [0.2, 0.25) is 26.6 Å². The summed E-state index contributed by atoms with van der Waals surface area (Å²) in [6.45, 7) is 1.95. The summed E-state index contributed by atoms with van der Waals surface area (Å²) in [4.78, 5) is 4.50. The van der Waals surface area contributed by atoms with Crippen molar-refractivity contribution in [1.82, 2.24) is 4.98 Å². The van der Waals surface area contributed by atoms with Crippen molar-refractivity contribution in [1.29, 1.82) is 0 Å². The second kappa shape index (κ2) is 8.04. The van der Waals surface area contributed by atoms with Gasteiger partial charge >= 0.3 is 0 Å². The predicted octanol–water partition coefficient (Wildman–Crippen LogP) is 5.24. The maximum absolute atomic E-state index is 13.3. The molecule has 152 valence electrons. The van der Waals surface area contributed by atoms with E-state index in [0.29, 0.717) is 17.0 Å². The number of rotatable bonds is 6. The molecule has 7 heteroatoms. The van der Waals surface area contributed by atoms with E-state index >= 15 is 0 Å². The molecule has 1 aromatic heterocycles. The topological polar surface area (TPSA) is 81.4 Å². The molecule has 0 saturated heterocycles. The summed E-state index contributed by atoms with van der Waals surface area (Å²) < 4.78 is 37.6. The summed E-state index contributed by atoms with van der Waals surface area (Å²) in [5, 5.41) is 2.87. The Labute approximate surface area is 175 Å². The van der Waals surface area contributed by atoms with Gasteiger partial charge in [0.05, 0.1) is 12.0 Å². The molecule has 0 radical (unpaired) electrons. The van der Waals surface area contributed by atoms with Gasteiger partial charge in [-0.3, -0.25) is 0 Å². The molecular weight excluding hydrogens is 400 g/mol. The number of aryl methyl sites for hydroxylation is 1. The highest BCUT2D eigenvalue weighted by atomic mass is 32.2. The molecule has 0 aliphatic heterocycles. The second-order valence-corrected chi connectivity index (χ2v) is 8.56. The molecule has 0 spiro atoms. The van der Waals surface area contributed by atoms with Crippen LogP contribution in [0.3, 0.4) is 0 Å². The van der Waals surface area contributed by atoms with Gasteiger partial charge in [0.15, 0.2) is 0 Å². The highest BCUT2D eigenvalue weighted by Gasteiger charge is 2.28. The van der Waals surface area contributed by atoms with E-state index in [1.165, 1.54) is 12.1 Å². The van der Waals surface area contributed by atoms with Crippen molar-refractivity contribution in [3.63, 3.8) is 0 Å². The standard InChI is InChI=1S/C23H20N2O4S/c1-16-7-6-8-17(15-16)21-25-23(30(26,27)20-9-4-3-5-10-20)22(29-21)24-18-11-13-19(28-2)14-12-18/h3-15,24H,1-2H3. The molecule has 30 heavy (non-hydrogen) atoms. The molecule has 1 N–H and O–H groups in total. The predicted molar refractivity (Wildman–Crippen MR) is 115 cm³/mol. The molecule has 4 aromatic rings. The minimum atomic E-state index is -3.89. The Morgan fingerprint density at radius 3 is 2.33 bits per heavy atom. The lowest BCUT2D eigenvalue weighted by molar-refractivity contribution is 0.415. The van der Waals surface area contributed by atoms with E-state index in [-0.39, 0.29) is 21.7 Å². The van der Waals surface area contributed by atoms with Gasteiger partial charge < -0.3 is 14.5 Å². The van der Waals surface area contributed by atoms with Crippen LogP contribution in [0.15, 0.2) is 93.2 Å². The zero-order valence-corrected chi connectivity index (χ0v) is 17.3. The lowest BCUT2D eigenvalue weighted by Gasteiger charge is -2.07. The number of nitrogens with one attached hydrogen (secondary N) is 1. The summed E-state index contributed by atoms with van der Waals surface area (Å²) in [7, 11) is -2.31. The Hall–Kier alpha value is -3.58. The molecular formula is C23H20N2O4S. The lowest BCUT2D eigenvalue weighted by Crippen LogP contribution is -2.05. The number of nitrogens with zero attached hydrogens (tertiary/aromatic N) is 1. The molecule has 4 rings (SSSR count). The number of hydrogen-bond acceptors (Lipinski definition) is 6. The number of hydrogen-bond donors (Lipinski definition) is 1. The van der Waals surface area contributed by atoms with Crippen LogP contribution in [0.1, 0.15) is 5.56 Å². The van der Waals surface area contributed by atoms with Crippen LogP contribution in [-0.2, 0) is 9.84 Å². The number of ether oxygens (including phenoxy) is 1. The average molecular weight is 420 g/mol. The summed E-state index contributed by atoms with van der Waals surface area (Å²) in [6, 6.07) is 22.8. The van der Waals surface area contributed by atoms with Crippen molar-refractivity contribution in [3.8, 4) is 17.2 Å². The van der Waals surface area contributed by atoms with Crippen LogP contribution in [0, 0.1) is 6.92 Å². The van der Waals surface area contributed by atoms with Crippen molar-refractivity contribution in [3.05, 3.63) is 84.4 Å². The first-order valence-corrected chi connectivity index (χ1v) is 10.7. The third-order valence-electron chi connectivity index (χ3n) is 4.52. The van der Waals surface area contributed by atoms with E-state index in [2.05, 4.69) is 10.3 Å². The monoisotopic (exact) mass is 420 g/mol. The molecule has 0 fully saturated rings. The van der Waals surface area contributed by atoms with Crippen molar-refractivity contribution in [2.45, 2.75) is 16.8 Å². The van der Waals surface area contributed by atoms with E-state index in [4.69, 9.17) is 9.15 Å². The fraction of sp³-hybridized carbons (Fsp3) is 0.0870. The number of anilines is 2. The molecule has 1 heterocycles. The van der Waals surface area contributed by atoms with E-state index in [9.17, 15) is 8.42 Å². The Bertz CT molecular complexity index is 1260. The van der Waals surface area contributed by atoms with Gasteiger partial charge in [-0.1, -0.05) is 35.9 Å². The van der Waals surface area contributed by atoms with Gasteiger partial charge in [0.1, 0.15) is 5.75 Å². The van der Waals surface area contributed by atoms with E-state index < -0.39 is 9.84 Å². The van der Waals surface area contributed by atoms with Crippen molar-refractivity contribution >= 4 is 21.4 Å². The third kappa shape index (κ3) is 3.92. The Morgan fingerprint density at radius 1 is 0.933 bits per heavy atom. The Balaban J connectivity index is 1.82. The van der Waals surface area contributed by atoms with E-state index in [1.54, 1.807) is 49.6 Å². The molecule has 0 amide bonds. The van der Waals surface area contributed by atoms with Crippen LogP contribution in [0.2, 0.25) is 0 Å². The average Bonchev–Trinajstić information content (AvgIpc) is 3.20. The number of oxazole rings is 1.